The van der Waals surface area contributed by atoms with E-state index in [1.165, 1.54) is 12.0 Å². The first-order valence-corrected chi connectivity index (χ1v) is 4.82. The van der Waals surface area contributed by atoms with Crippen LogP contribution in [0.3, 0.4) is 0 Å². The summed E-state index contributed by atoms with van der Waals surface area (Å²) in [5.74, 6) is -0.209. The predicted molar refractivity (Wildman–Crippen MR) is 52.9 cm³/mol. The van der Waals surface area contributed by atoms with Gasteiger partial charge in [-0.1, -0.05) is 0 Å². The molecule has 0 aromatic carbocycles. The van der Waals surface area contributed by atoms with Gasteiger partial charge in [-0.3, -0.25) is 9.69 Å². The molecular weight excluding hydrogens is 200 g/mol. The Morgan fingerprint density at radius 3 is 2.80 bits per heavy atom. The molecule has 6 nitrogen and oxygen atoms in total. The fourth-order valence-electron chi connectivity index (χ4n) is 1.83. The third-order valence-electron chi connectivity index (χ3n) is 2.49. The Kier molecular flexibility index (Phi) is 4.05. The van der Waals surface area contributed by atoms with Crippen LogP contribution in [-0.4, -0.2) is 60.8 Å². The van der Waals surface area contributed by atoms with Crippen molar-refractivity contribution in [2.45, 2.75) is 19.0 Å². The van der Waals surface area contributed by atoms with E-state index in [9.17, 15) is 9.59 Å². The minimum absolute atomic E-state index is 0.0551. The summed E-state index contributed by atoms with van der Waals surface area (Å²) >= 11 is 0. The van der Waals surface area contributed by atoms with Gasteiger partial charge >= 0.3 is 6.09 Å². The van der Waals surface area contributed by atoms with Crippen LogP contribution in [-0.2, 0) is 9.53 Å². The van der Waals surface area contributed by atoms with Crippen molar-refractivity contribution in [1.29, 1.82) is 0 Å². The highest BCUT2D eigenvalue weighted by atomic mass is 16.5. The van der Waals surface area contributed by atoms with Crippen LogP contribution >= 0.6 is 0 Å². The Morgan fingerprint density at radius 2 is 2.27 bits per heavy atom. The molecule has 6 heteroatoms. The van der Waals surface area contributed by atoms with Crippen LogP contribution in [0, 0.1) is 0 Å². The summed E-state index contributed by atoms with van der Waals surface area (Å²) in [6.07, 6.45) is -1.06. The van der Waals surface area contributed by atoms with Gasteiger partial charge in [-0.25, -0.2) is 4.79 Å². The first-order chi connectivity index (χ1) is 7.07. The summed E-state index contributed by atoms with van der Waals surface area (Å²) in [5.41, 5.74) is 0. The number of ketones is 1. The third kappa shape index (κ3) is 2.66. The standard InChI is InChI=1S/C9H16N2O4/c1-6-8(7(12)5-15-2)11(9(13)14)4-3-10-6/h6,8,10H,3-5H2,1-2H3,(H,13,14). The fraction of sp³-hybridized carbons (Fsp3) is 0.778. The van der Waals surface area contributed by atoms with Crippen molar-refractivity contribution in [3.05, 3.63) is 0 Å². The molecule has 0 spiro atoms. The maximum atomic E-state index is 11.7. The van der Waals surface area contributed by atoms with Crippen LogP contribution < -0.4 is 5.32 Å². The number of hydrogen-bond acceptors (Lipinski definition) is 4. The Balaban J connectivity index is 2.76. The van der Waals surface area contributed by atoms with Gasteiger partial charge in [0.15, 0.2) is 5.78 Å². The molecule has 1 heterocycles. The largest absolute Gasteiger partial charge is 0.465 e. The van der Waals surface area contributed by atoms with Crippen LogP contribution in [0.4, 0.5) is 4.79 Å². The smallest absolute Gasteiger partial charge is 0.408 e. The van der Waals surface area contributed by atoms with Crippen LogP contribution in [0.2, 0.25) is 0 Å². The van der Waals surface area contributed by atoms with Crippen molar-refractivity contribution < 1.29 is 19.4 Å². The molecule has 1 fully saturated rings. The Bertz CT molecular complexity index is 256. The van der Waals surface area contributed by atoms with E-state index in [0.717, 1.165) is 0 Å². The Labute approximate surface area is 88.2 Å². The van der Waals surface area contributed by atoms with E-state index in [1.54, 1.807) is 6.92 Å². The first-order valence-electron chi connectivity index (χ1n) is 4.82. The SMILES string of the molecule is COCC(=O)C1C(C)NCCN1C(=O)O. The number of Topliss-reactive ketones (excluding diaryl/α,β-unsaturated/α-hetero) is 1. The number of ether oxygens (including phenoxy) is 1. The Morgan fingerprint density at radius 1 is 1.60 bits per heavy atom. The predicted octanol–water partition coefficient (Wildman–Crippen LogP) is -0.458. The van der Waals surface area contributed by atoms with E-state index in [-0.39, 0.29) is 18.4 Å². The van der Waals surface area contributed by atoms with Crippen molar-refractivity contribution in [3.63, 3.8) is 0 Å². The molecule has 1 saturated heterocycles. The highest BCUT2D eigenvalue weighted by Gasteiger charge is 2.36. The minimum Gasteiger partial charge on any atom is -0.465 e. The van der Waals surface area contributed by atoms with Gasteiger partial charge in [0.05, 0.1) is 0 Å². The number of amides is 1. The van der Waals surface area contributed by atoms with Gasteiger partial charge in [-0.2, -0.15) is 0 Å². The normalized spacial score (nSPS) is 26.4. The molecule has 0 bridgehead atoms. The molecule has 2 atom stereocenters. The van der Waals surface area contributed by atoms with E-state index in [0.29, 0.717) is 13.1 Å². The summed E-state index contributed by atoms with van der Waals surface area (Å²) in [6.45, 7) is 2.65. The number of nitrogens with zero attached hydrogens (tertiary/aromatic N) is 1. The maximum Gasteiger partial charge on any atom is 0.408 e. The van der Waals surface area contributed by atoms with Crippen LogP contribution in [0.15, 0.2) is 0 Å². The monoisotopic (exact) mass is 216 g/mol. The highest BCUT2D eigenvalue weighted by Crippen LogP contribution is 2.11. The van der Waals surface area contributed by atoms with E-state index < -0.39 is 12.1 Å². The van der Waals surface area contributed by atoms with Crippen LogP contribution in [0.5, 0.6) is 0 Å². The molecule has 1 amide bonds. The number of hydrogen-bond donors (Lipinski definition) is 2. The van der Waals surface area contributed by atoms with Crippen molar-refractivity contribution in [2.75, 3.05) is 26.8 Å². The number of rotatable bonds is 3. The molecule has 0 radical (unpaired) electrons. The van der Waals surface area contributed by atoms with Crippen molar-refractivity contribution in [1.82, 2.24) is 10.2 Å². The zero-order valence-corrected chi connectivity index (χ0v) is 8.90. The molecular formula is C9H16N2O4. The second-order valence-corrected chi connectivity index (χ2v) is 3.56. The lowest BCUT2D eigenvalue weighted by molar-refractivity contribution is -0.129. The van der Waals surface area contributed by atoms with Gasteiger partial charge in [0, 0.05) is 26.2 Å². The number of carbonyl (C=O) groups excluding carboxylic acids is 1. The van der Waals surface area contributed by atoms with Crippen LogP contribution in [0.25, 0.3) is 0 Å². The molecule has 1 rings (SSSR count). The zero-order chi connectivity index (χ0) is 11.4. The summed E-state index contributed by atoms with van der Waals surface area (Å²) in [4.78, 5) is 23.7. The Hall–Kier alpha value is -1.14. The molecule has 0 aliphatic carbocycles. The van der Waals surface area contributed by atoms with Crippen molar-refractivity contribution in [3.8, 4) is 0 Å². The van der Waals surface area contributed by atoms with E-state index >= 15 is 0 Å². The molecule has 0 aromatic rings. The van der Waals surface area contributed by atoms with Crippen molar-refractivity contribution >= 4 is 11.9 Å². The van der Waals surface area contributed by atoms with E-state index in [4.69, 9.17) is 9.84 Å². The summed E-state index contributed by atoms with van der Waals surface area (Å²) in [5, 5.41) is 12.0. The minimum atomic E-state index is -1.06. The summed E-state index contributed by atoms with van der Waals surface area (Å²) < 4.78 is 4.74. The number of carboxylic acid groups (broad SMARTS) is 1. The molecule has 86 valence electrons. The highest BCUT2D eigenvalue weighted by molar-refractivity contribution is 5.89. The van der Waals surface area contributed by atoms with E-state index in [2.05, 4.69) is 5.32 Å². The maximum absolute atomic E-state index is 11.7. The average Bonchev–Trinajstić information content (AvgIpc) is 2.17. The number of piperazine rings is 1. The molecule has 2 unspecified atom stereocenters. The topological polar surface area (TPSA) is 78.9 Å². The van der Waals surface area contributed by atoms with Crippen LogP contribution in [0.1, 0.15) is 6.92 Å². The molecule has 1 aliphatic rings. The molecule has 2 N–H and O–H groups in total. The molecule has 0 aromatic heterocycles. The molecule has 0 saturated carbocycles. The van der Waals surface area contributed by atoms with Gasteiger partial charge in [0.1, 0.15) is 12.6 Å². The van der Waals surface area contributed by atoms with Gasteiger partial charge in [-0.05, 0) is 6.92 Å². The molecule has 1 aliphatic heterocycles. The number of nitrogens with one attached hydrogen (secondary N) is 1. The van der Waals surface area contributed by atoms with Crippen molar-refractivity contribution in [2.24, 2.45) is 0 Å². The second-order valence-electron chi connectivity index (χ2n) is 3.56. The zero-order valence-electron chi connectivity index (χ0n) is 8.90. The van der Waals surface area contributed by atoms with E-state index in [1.807, 2.05) is 0 Å². The van der Waals surface area contributed by atoms with Gasteiger partial charge in [0.2, 0.25) is 0 Å². The second kappa shape index (κ2) is 5.09. The lowest BCUT2D eigenvalue weighted by Gasteiger charge is -2.37. The first kappa shape index (κ1) is 11.9. The third-order valence-corrected chi connectivity index (χ3v) is 2.49. The summed E-state index contributed by atoms with van der Waals surface area (Å²) in [7, 11) is 1.42. The number of carbonyl (C=O) groups is 2. The summed E-state index contributed by atoms with van der Waals surface area (Å²) in [6, 6.07) is -0.811. The van der Waals surface area contributed by atoms with Gasteiger partial charge in [0.25, 0.3) is 0 Å². The number of methoxy groups -OCH3 is 1. The molecule has 15 heavy (non-hydrogen) atoms. The fourth-order valence-corrected chi connectivity index (χ4v) is 1.83. The van der Waals surface area contributed by atoms with Gasteiger partial charge < -0.3 is 15.2 Å². The average molecular weight is 216 g/mol. The quantitative estimate of drug-likeness (QED) is 0.667. The lowest BCUT2D eigenvalue weighted by atomic mass is 10.0. The van der Waals surface area contributed by atoms with Gasteiger partial charge in [-0.15, -0.1) is 0 Å². The lowest BCUT2D eigenvalue weighted by Crippen LogP contribution is -2.61.